The Balaban J connectivity index is 2.87. The summed E-state index contributed by atoms with van der Waals surface area (Å²) in [6, 6.07) is 0.224. The average Bonchev–Trinajstić information content (AvgIpc) is 2.12. The third-order valence-electron chi connectivity index (χ3n) is 2.16. The van der Waals surface area contributed by atoms with Crippen LogP contribution in [0.25, 0.3) is 0 Å². The molecule has 0 radical (unpaired) electrons. The van der Waals surface area contributed by atoms with Crippen molar-refractivity contribution in [3.63, 3.8) is 0 Å². The first kappa shape index (κ1) is 11.0. The SMILES string of the molecule is CC(C)C(C)Nc1nc[nH]c(=O)c1Cl. The summed E-state index contributed by atoms with van der Waals surface area (Å²) in [4.78, 5) is 17.5. The third kappa shape index (κ3) is 2.48. The summed E-state index contributed by atoms with van der Waals surface area (Å²) >= 11 is 5.77. The number of H-pyrrole nitrogens is 1. The van der Waals surface area contributed by atoms with Crippen LogP contribution in [0.2, 0.25) is 5.02 Å². The molecule has 5 heteroatoms. The van der Waals surface area contributed by atoms with Crippen LogP contribution >= 0.6 is 11.6 Å². The van der Waals surface area contributed by atoms with Gasteiger partial charge < -0.3 is 10.3 Å². The van der Waals surface area contributed by atoms with Crippen LogP contribution in [0.3, 0.4) is 0 Å². The fourth-order valence-corrected chi connectivity index (χ4v) is 1.02. The Labute approximate surface area is 87.7 Å². The van der Waals surface area contributed by atoms with Crippen molar-refractivity contribution in [1.29, 1.82) is 0 Å². The van der Waals surface area contributed by atoms with Crippen molar-refractivity contribution >= 4 is 17.4 Å². The standard InChI is InChI=1S/C9H14ClN3O/c1-5(2)6(3)13-8-7(10)9(14)12-4-11-8/h4-6H,1-3H3,(H2,11,12,13,14). The van der Waals surface area contributed by atoms with E-state index in [1.807, 2.05) is 6.92 Å². The van der Waals surface area contributed by atoms with Crippen molar-refractivity contribution < 1.29 is 0 Å². The summed E-state index contributed by atoms with van der Waals surface area (Å²) in [6.45, 7) is 6.18. The van der Waals surface area contributed by atoms with Gasteiger partial charge in [0, 0.05) is 6.04 Å². The molecule has 0 saturated carbocycles. The van der Waals surface area contributed by atoms with E-state index in [0.717, 1.165) is 0 Å². The monoisotopic (exact) mass is 215 g/mol. The van der Waals surface area contributed by atoms with Crippen LogP contribution < -0.4 is 10.9 Å². The molecule has 0 spiro atoms. The lowest BCUT2D eigenvalue weighted by molar-refractivity contribution is 0.558. The number of hydrogen-bond acceptors (Lipinski definition) is 3. The molecule has 2 N–H and O–H groups in total. The highest BCUT2D eigenvalue weighted by Crippen LogP contribution is 2.15. The Morgan fingerprint density at radius 3 is 2.71 bits per heavy atom. The van der Waals surface area contributed by atoms with Crippen molar-refractivity contribution in [2.45, 2.75) is 26.8 Å². The van der Waals surface area contributed by atoms with Gasteiger partial charge in [0.15, 0.2) is 5.82 Å². The molecular formula is C9H14ClN3O. The maximum atomic E-state index is 11.1. The van der Waals surface area contributed by atoms with Crippen molar-refractivity contribution in [2.75, 3.05) is 5.32 Å². The van der Waals surface area contributed by atoms with Gasteiger partial charge in [0.2, 0.25) is 0 Å². The molecular weight excluding hydrogens is 202 g/mol. The van der Waals surface area contributed by atoms with Crippen LogP contribution in [0.4, 0.5) is 5.82 Å². The van der Waals surface area contributed by atoms with E-state index in [9.17, 15) is 4.79 Å². The molecule has 0 bridgehead atoms. The Morgan fingerprint density at radius 1 is 1.50 bits per heavy atom. The van der Waals surface area contributed by atoms with Crippen LogP contribution in [0, 0.1) is 5.92 Å². The number of nitrogens with one attached hydrogen (secondary N) is 2. The molecule has 1 unspecified atom stereocenters. The van der Waals surface area contributed by atoms with E-state index in [1.165, 1.54) is 6.33 Å². The van der Waals surface area contributed by atoms with E-state index in [4.69, 9.17) is 11.6 Å². The zero-order valence-electron chi connectivity index (χ0n) is 8.47. The zero-order chi connectivity index (χ0) is 10.7. The van der Waals surface area contributed by atoms with E-state index < -0.39 is 0 Å². The topological polar surface area (TPSA) is 57.8 Å². The largest absolute Gasteiger partial charge is 0.366 e. The molecule has 78 valence electrons. The molecule has 0 aromatic carbocycles. The second-order valence-electron chi connectivity index (χ2n) is 3.57. The van der Waals surface area contributed by atoms with Gasteiger partial charge in [-0.3, -0.25) is 4.79 Å². The number of hydrogen-bond donors (Lipinski definition) is 2. The first-order chi connectivity index (χ1) is 6.52. The third-order valence-corrected chi connectivity index (χ3v) is 2.51. The highest BCUT2D eigenvalue weighted by atomic mass is 35.5. The summed E-state index contributed by atoms with van der Waals surface area (Å²) in [5.74, 6) is 0.892. The number of aromatic amines is 1. The molecule has 0 saturated heterocycles. The predicted molar refractivity (Wildman–Crippen MR) is 57.8 cm³/mol. The van der Waals surface area contributed by atoms with Gasteiger partial charge in [0.1, 0.15) is 5.02 Å². The Kier molecular flexibility index (Phi) is 3.52. The lowest BCUT2D eigenvalue weighted by Crippen LogP contribution is -2.24. The molecule has 4 nitrogen and oxygen atoms in total. The first-order valence-electron chi connectivity index (χ1n) is 4.52. The van der Waals surface area contributed by atoms with Crippen molar-refractivity contribution in [1.82, 2.24) is 9.97 Å². The average molecular weight is 216 g/mol. The van der Waals surface area contributed by atoms with Crippen LogP contribution in [0.15, 0.2) is 11.1 Å². The van der Waals surface area contributed by atoms with Crippen LogP contribution in [-0.2, 0) is 0 Å². The zero-order valence-corrected chi connectivity index (χ0v) is 9.22. The van der Waals surface area contributed by atoms with E-state index in [1.54, 1.807) is 0 Å². The van der Waals surface area contributed by atoms with Crippen molar-refractivity contribution in [2.24, 2.45) is 5.92 Å². The molecule has 1 aromatic rings. The van der Waals surface area contributed by atoms with E-state index in [0.29, 0.717) is 11.7 Å². The van der Waals surface area contributed by atoms with Gasteiger partial charge in [-0.1, -0.05) is 25.4 Å². The van der Waals surface area contributed by atoms with Crippen molar-refractivity contribution in [3.05, 3.63) is 21.7 Å². The molecule has 0 aliphatic carbocycles. The lowest BCUT2D eigenvalue weighted by Gasteiger charge is -2.18. The molecule has 0 fully saturated rings. The van der Waals surface area contributed by atoms with Crippen LogP contribution in [0.1, 0.15) is 20.8 Å². The molecule has 1 aromatic heterocycles. The van der Waals surface area contributed by atoms with E-state index in [2.05, 4.69) is 29.1 Å². The summed E-state index contributed by atoms with van der Waals surface area (Å²) in [5, 5.41) is 3.20. The van der Waals surface area contributed by atoms with E-state index in [-0.39, 0.29) is 16.6 Å². The quantitative estimate of drug-likeness (QED) is 0.810. The van der Waals surface area contributed by atoms with Gasteiger partial charge in [-0.2, -0.15) is 0 Å². The molecule has 0 aliphatic heterocycles. The molecule has 0 amide bonds. The number of aromatic nitrogens is 2. The summed E-state index contributed by atoms with van der Waals surface area (Å²) in [7, 11) is 0. The normalized spacial score (nSPS) is 12.9. The molecule has 0 aliphatic rings. The van der Waals surface area contributed by atoms with E-state index >= 15 is 0 Å². The fraction of sp³-hybridized carbons (Fsp3) is 0.556. The Hall–Kier alpha value is -1.03. The minimum absolute atomic E-state index is 0.111. The van der Waals surface area contributed by atoms with Gasteiger partial charge in [-0.15, -0.1) is 0 Å². The number of halogens is 1. The van der Waals surface area contributed by atoms with Gasteiger partial charge in [-0.25, -0.2) is 4.98 Å². The summed E-state index contributed by atoms with van der Waals surface area (Å²) in [5.41, 5.74) is -0.319. The van der Waals surface area contributed by atoms with Gasteiger partial charge >= 0.3 is 0 Å². The minimum atomic E-state index is -0.319. The Morgan fingerprint density at radius 2 is 2.14 bits per heavy atom. The molecule has 1 rings (SSSR count). The van der Waals surface area contributed by atoms with Crippen LogP contribution in [0.5, 0.6) is 0 Å². The minimum Gasteiger partial charge on any atom is -0.366 e. The second-order valence-corrected chi connectivity index (χ2v) is 3.95. The molecule has 1 atom stereocenters. The molecule has 1 heterocycles. The maximum absolute atomic E-state index is 11.1. The summed E-state index contributed by atoms with van der Waals surface area (Å²) in [6.07, 6.45) is 1.34. The Bertz CT molecular complexity index is 361. The highest BCUT2D eigenvalue weighted by Gasteiger charge is 2.11. The van der Waals surface area contributed by atoms with Crippen LogP contribution in [-0.4, -0.2) is 16.0 Å². The highest BCUT2D eigenvalue weighted by molar-refractivity contribution is 6.32. The van der Waals surface area contributed by atoms with Gasteiger partial charge in [0.05, 0.1) is 6.33 Å². The number of anilines is 1. The maximum Gasteiger partial charge on any atom is 0.271 e. The van der Waals surface area contributed by atoms with Crippen molar-refractivity contribution in [3.8, 4) is 0 Å². The number of nitrogens with zero attached hydrogens (tertiary/aromatic N) is 1. The fourth-order valence-electron chi connectivity index (χ4n) is 0.866. The number of rotatable bonds is 3. The predicted octanol–water partition coefficient (Wildman–Crippen LogP) is 1.88. The lowest BCUT2D eigenvalue weighted by atomic mass is 10.1. The second kappa shape index (κ2) is 4.46. The van der Waals surface area contributed by atoms with Gasteiger partial charge in [0.25, 0.3) is 5.56 Å². The molecule has 14 heavy (non-hydrogen) atoms. The first-order valence-corrected chi connectivity index (χ1v) is 4.90. The smallest absolute Gasteiger partial charge is 0.271 e. The van der Waals surface area contributed by atoms with Gasteiger partial charge in [-0.05, 0) is 12.8 Å². The summed E-state index contributed by atoms with van der Waals surface area (Å²) < 4.78 is 0.